The Hall–Kier alpha value is -3.23. The van der Waals surface area contributed by atoms with Crippen LogP contribution in [-0.2, 0) is 14.8 Å². The largest absolute Gasteiger partial charge is 0.494 e. The van der Waals surface area contributed by atoms with Gasteiger partial charge in [-0.1, -0.05) is 35.9 Å². The number of hydrogen-bond acceptors (Lipinski definition) is 5. The number of nitrogens with one attached hydrogen (secondary N) is 1. The zero-order valence-electron chi connectivity index (χ0n) is 19.0. The fourth-order valence-electron chi connectivity index (χ4n) is 3.12. The molecule has 0 radical (unpaired) electrons. The van der Waals surface area contributed by atoms with Crippen LogP contribution in [0.25, 0.3) is 0 Å². The third kappa shape index (κ3) is 6.65. The Balaban J connectivity index is 1.69. The van der Waals surface area contributed by atoms with Crippen molar-refractivity contribution in [1.29, 1.82) is 0 Å². The molecule has 34 heavy (non-hydrogen) atoms. The molecule has 0 fully saturated rings. The number of ether oxygens (including phenoxy) is 2. The number of sulfonamides is 1. The van der Waals surface area contributed by atoms with Crippen LogP contribution in [0.15, 0.2) is 77.7 Å². The number of halogens is 1. The van der Waals surface area contributed by atoms with Crippen LogP contribution in [0.5, 0.6) is 11.5 Å². The molecule has 180 valence electrons. The Bertz CT molecular complexity index is 1200. The summed E-state index contributed by atoms with van der Waals surface area (Å²) in [6, 6.07) is 19.9. The number of amides is 1. The predicted octanol–water partition coefficient (Wildman–Crippen LogP) is 4.44. The molecule has 0 heterocycles. The van der Waals surface area contributed by atoms with Gasteiger partial charge in [0.2, 0.25) is 5.91 Å². The summed E-state index contributed by atoms with van der Waals surface area (Å²) in [4.78, 5) is 12.8. The van der Waals surface area contributed by atoms with Gasteiger partial charge in [0.05, 0.1) is 23.7 Å². The zero-order valence-corrected chi connectivity index (χ0v) is 20.6. The van der Waals surface area contributed by atoms with Crippen molar-refractivity contribution in [2.45, 2.75) is 18.7 Å². The first-order valence-electron chi connectivity index (χ1n) is 10.8. The summed E-state index contributed by atoms with van der Waals surface area (Å²) in [5, 5.41) is 3.30. The highest BCUT2D eigenvalue weighted by Gasteiger charge is 2.27. The van der Waals surface area contributed by atoms with Crippen LogP contribution < -0.4 is 19.1 Å². The van der Waals surface area contributed by atoms with Gasteiger partial charge >= 0.3 is 0 Å². The first-order valence-corrected chi connectivity index (χ1v) is 12.6. The summed E-state index contributed by atoms with van der Waals surface area (Å²) in [6.07, 6.45) is 0. The molecule has 0 aliphatic heterocycles. The minimum atomic E-state index is -3.97. The van der Waals surface area contributed by atoms with Gasteiger partial charge in [0.15, 0.2) is 0 Å². The number of aryl methyl sites for hydroxylation is 1. The maximum Gasteiger partial charge on any atom is 0.264 e. The number of anilines is 1. The van der Waals surface area contributed by atoms with Crippen molar-refractivity contribution >= 4 is 33.2 Å². The second-order valence-corrected chi connectivity index (χ2v) is 9.63. The molecule has 1 N–H and O–H groups in total. The third-order valence-corrected chi connectivity index (χ3v) is 7.09. The van der Waals surface area contributed by atoms with E-state index >= 15 is 0 Å². The van der Waals surface area contributed by atoms with Crippen LogP contribution in [0, 0.1) is 6.92 Å². The van der Waals surface area contributed by atoms with E-state index in [1.807, 2.05) is 19.9 Å². The predicted molar refractivity (Wildman–Crippen MR) is 133 cm³/mol. The lowest BCUT2D eigenvalue weighted by molar-refractivity contribution is -0.119. The van der Waals surface area contributed by atoms with Gasteiger partial charge in [-0.3, -0.25) is 9.10 Å². The first-order chi connectivity index (χ1) is 16.3. The van der Waals surface area contributed by atoms with Crippen molar-refractivity contribution in [2.24, 2.45) is 0 Å². The molecule has 0 bridgehead atoms. The van der Waals surface area contributed by atoms with Crippen molar-refractivity contribution in [3.8, 4) is 11.5 Å². The Morgan fingerprint density at radius 2 is 1.65 bits per heavy atom. The van der Waals surface area contributed by atoms with E-state index in [0.29, 0.717) is 28.8 Å². The zero-order chi connectivity index (χ0) is 24.6. The second-order valence-electron chi connectivity index (χ2n) is 7.36. The minimum absolute atomic E-state index is 0.0938. The van der Waals surface area contributed by atoms with Crippen LogP contribution in [0.1, 0.15) is 12.5 Å². The molecule has 0 unspecified atom stereocenters. The first kappa shape index (κ1) is 25.4. The van der Waals surface area contributed by atoms with Gasteiger partial charge < -0.3 is 14.8 Å². The minimum Gasteiger partial charge on any atom is -0.494 e. The number of carbonyl (C=O) groups excluding carboxylic acids is 1. The Morgan fingerprint density at radius 3 is 2.29 bits per heavy atom. The molecule has 3 aromatic rings. The monoisotopic (exact) mass is 502 g/mol. The van der Waals surface area contributed by atoms with E-state index < -0.39 is 15.9 Å². The lowest BCUT2D eigenvalue weighted by atomic mass is 10.2. The number of carbonyl (C=O) groups is 1. The maximum absolute atomic E-state index is 13.3. The van der Waals surface area contributed by atoms with Crippen LogP contribution in [0.3, 0.4) is 0 Å². The van der Waals surface area contributed by atoms with Gasteiger partial charge in [-0.2, -0.15) is 0 Å². The molecular weight excluding hydrogens is 476 g/mol. The van der Waals surface area contributed by atoms with Crippen molar-refractivity contribution in [1.82, 2.24) is 5.32 Å². The maximum atomic E-state index is 13.3. The molecule has 0 aromatic heterocycles. The highest BCUT2D eigenvalue weighted by atomic mass is 35.5. The number of benzene rings is 3. The highest BCUT2D eigenvalue weighted by Crippen LogP contribution is 2.26. The molecule has 3 rings (SSSR count). The average molecular weight is 503 g/mol. The van der Waals surface area contributed by atoms with Crippen LogP contribution in [0.2, 0.25) is 5.02 Å². The topological polar surface area (TPSA) is 84.9 Å². The number of nitrogens with zero attached hydrogens (tertiary/aromatic N) is 1. The van der Waals surface area contributed by atoms with Gasteiger partial charge in [0.25, 0.3) is 10.0 Å². The quantitative estimate of drug-likeness (QED) is 0.392. The van der Waals surface area contributed by atoms with Crippen LogP contribution >= 0.6 is 11.6 Å². The normalized spacial score (nSPS) is 11.0. The SMILES string of the molecule is CCOc1ccc(N(CC(=O)NCCOc2ccc(C)c(Cl)c2)S(=O)(=O)c2ccccc2)cc1. The van der Waals surface area contributed by atoms with Crippen LogP contribution in [-0.4, -0.2) is 40.6 Å². The molecule has 3 aromatic carbocycles. The Labute approximate surface area is 205 Å². The average Bonchev–Trinajstić information content (AvgIpc) is 2.84. The second kappa shape index (κ2) is 11.8. The van der Waals surface area contributed by atoms with Gasteiger partial charge in [-0.25, -0.2) is 8.42 Å². The fraction of sp³-hybridized carbons (Fsp3) is 0.240. The van der Waals surface area contributed by atoms with Gasteiger partial charge in [0.1, 0.15) is 24.7 Å². The van der Waals surface area contributed by atoms with Gasteiger partial charge in [-0.15, -0.1) is 0 Å². The summed E-state index contributed by atoms with van der Waals surface area (Å²) in [7, 11) is -3.97. The molecular formula is C25H27ClN2O5S. The molecule has 1 amide bonds. The van der Waals surface area contributed by atoms with E-state index in [9.17, 15) is 13.2 Å². The summed E-state index contributed by atoms with van der Waals surface area (Å²) >= 11 is 6.09. The fourth-order valence-corrected chi connectivity index (χ4v) is 4.73. The van der Waals surface area contributed by atoms with Crippen molar-refractivity contribution in [3.05, 3.63) is 83.4 Å². The van der Waals surface area contributed by atoms with Gasteiger partial charge in [0, 0.05) is 5.02 Å². The van der Waals surface area contributed by atoms with Crippen molar-refractivity contribution in [2.75, 3.05) is 30.6 Å². The van der Waals surface area contributed by atoms with E-state index in [0.717, 1.165) is 9.87 Å². The van der Waals surface area contributed by atoms with Crippen LogP contribution in [0.4, 0.5) is 5.69 Å². The molecule has 0 spiro atoms. The summed E-state index contributed by atoms with van der Waals surface area (Å²) in [6.45, 7) is 4.27. The van der Waals surface area contributed by atoms with E-state index in [2.05, 4.69) is 5.32 Å². The lowest BCUT2D eigenvalue weighted by Gasteiger charge is -2.24. The molecule has 0 atom stereocenters. The standard InChI is InChI=1S/C25H27ClN2O5S/c1-3-32-21-13-10-20(11-14-21)28(34(30,31)23-7-5-4-6-8-23)18-25(29)27-15-16-33-22-12-9-19(2)24(26)17-22/h4-14,17H,3,15-16,18H2,1-2H3,(H,27,29). The summed E-state index contributed by atoms with van der Waals surface area (Å²) in [5.74, 6) is 0.743. The molecule has 0 aliphatic rings. The van der Waals surface area contributed by atoms with E-state index in [-0.39, 0.29) is 24.6 Å². The molecule has 0 saturated carbocycles. The molecule has 0 saturated heterocycles. The number of rotatable bonds is 11. The summed E-state index contributed by atoms with van der Waals surface area (Å²) < 4.78 is 38.8. The lowest BCUT2D eigenvalue weighted by Crippen LogP contribution is -2.41. The molecule has 9 heteroatoms. The Kier molecular flexibility index (Phi) is 8.79. The molecule has 0 aliphatic carbocycles. The van der Waals surface area contributed by atoms with Crippen molar-refractivity contribution < 1.29 is 22.7 Å². The highest BCUT2D eigenvalue weighted by molar-refractivity contribution is 7.92. The summed E-state index contributed by atoms with van der Waals surface area (Å²) in [5.41, 5.74) is 1.30. The number of hydrogen-bond donors (Lipinski definition) is 1. The van der Waals surface area contributed by atoms with Gasteiger partial charge in [-0.05, 0) is 67.9 Å². The third-order valence-electron chi connectivity index (χ3n) is 4.89. The van der Waals surface area contributed by atoms with Crippen molar-refractivity contribution in [3.63, 3.8) is 0 Å². The smallest absolute Gasteiger partial charge is 0.264 e. The van der Waals surface area contributed by atoms with E-state index in [1.165, 1.54) is 12.1 Å². The Morgan fingerprint density at radius 1 is 0.971 bits per heavy atom. The van der Waals surface area contributed by atoms with E-state index in [4.69, 9.17) is 21.1 Å². The molecule has 7 nitrogen and oxygen atoms in total. The van der Waals surface area contributed by atoms with E-state index in [1.54, 1.807) is 54.6 Å².